The van der Waals surface area contributed by atoms with E-state index in [0.29, 0.717) is 0 Å². The van der Waals surface area contributed by atoms with Crippen molar-refractivity contribution >= 4 is 37.5 Å². The van der Waals surface area contributed by atoms with Crippen molar-refractivity contribution in [3.63, 3.8) is 0 Å². The molecule has 0 fully saturated rings. The normalized spacial score (nSPS) is 12.2. The van der Waals surface area contributed by atoms with Gasteiger partial charge in [0.25, 0.3) is 0 Å². The second-order valence-electron chi connectivity index (χ2n) is 3.77. The molecule has 0 aliphatic rings. The third kappa shape index (κ3) is 3.30. The van der Waals surface area contributed by atoms with Gasteiger partial charge in [0, 0.05) is 27.4 Å². The number of nitrogens with one attached hydrogen (secondary N) is 1. The first-order valence-electron chi connectivity index (χ1n) is 5.28. The maximum atomic E-state index is 4.02. The van der Waals surface area contributed by atoms with Crippen LogP contribution in [0.3, 0.4) is 0 Å². The summed E-state index contributed by atoms with van der Waals surface area (Å²) in [4.78, 5) is 4.02. The topological polar surface area (TPSA) is 24.9 Å². The fourth-order valence-corrected chi connectivity index (χ4v) is 2.30. The van der Waals surface area contributed by atoms with Crippen molar-refractivity contribution in [3.8, 4) is 0 Å². The first kappa shape index (κ1) is 12.6. The molecule has 2 aromatic rings. The maximum Gasteiger partial charge on any atom is 0.0500 e. The molecule has 0 radical (unpaired) electrons. The molecular weight excluding hydrogens is 344 g/mol. The number of halogens is 2. The van der Waals surface area contributed by atoms with Crippen molar-refractivity contribution in [2.24, 2.45) is 0 Å². The van der Waals surface area contributed by atoms with E-state index in [4.69, 9.17) is 0 Å². The number of pyridine rings is 1. The molecule has 0 saturated heterocycles. The molecule has 2 nitrogen and oxygen atoms in total. The highest BCUT2D eigenvalue weighted by molar-refractivity contribution is 9.11. The van der Waals surface area contributed by atoms with E-state index in [1.165, 1.54) is 5.56 Å². The number of anilines is 1. The Balaban J connectivity index is 2.18. The monoisotopic (exact) mass is 354 g/mol. The quantitative estimate of drug-likeness (QED) is 0.856. The summed E-state index contributed by atoms with van der Waals surface area (Å²) in [5.41, 5.74) is 2.29. The van der Waals surface area contributed by atoms with E-state index >= 15 is 0 Å². The average Bonchev–Trinajstić information content (AvgIpc) is 2.35. The molecule has 0 saturated carbocycles. The molecule has 0 aliphatic carbocycles. The molecule has 2 rings (SSSR count). The highest BCUT2D eigenvalue weighted by Gasteiger charge is 2.07. The Kier molecular flexibility index (Phi) is 4.18. The van der Waals surface area contributed by atoms with Gasteiger partial charge in [-0.25, -0.2) is 0 Å². The van der Waals surface area contributed by atoms with Gasteiger partial charge < -0.3 is 5.32 Å². The molecule has 1 N–H and O–H groups in total. The van der Waals surface area contributed by atoms with Crippen LogP contribution >= 0.6 is 31.9 Å². The minimum absolute atomic E-state index is 0.239. The van der Waals surface area contributed by atoms with Crippen LogP contribution in [-0.4, -0.2) is 4.98 Å². The summed E-state index contributed by atoms with van der Waals surface area (Å²) >= 11 is 7.01. The summed E-state index contributed by atoms with van der Waals surface area (Å²) in [5.74, 6) is 0. The number of rotatable bonds is 3. The van der Waals surface area contributed by atoms with Crippen molar-refractivity contribution < 1.29 is 0 Å². The van der Waals surface area contributed by atoms with Crippen LogP contribution in [-0.2, 0) is 0 Å². The number of aromatic nitrogens is 1. The van der Waals surface area contributed by atoms with E-state index in [1.54, 1.807) is 0 Å². The van der Waals surface area contributed by atoms with Gasteiger partial charge in [0.05, 0.1) is 5.69 Å². The molecule has 88 valence electrons. The predicted molar refractivity (Wildman–Crippen MR) is 78.1 cm³/mol. The number of benzene rings is 1. The minimum Gasteiger partial charge on any atom is -0.378 e. The standard InChI is InChI=1S/C13H12Br2N2/c1-9(10-4-6-16-7-5-10)17-13-8-11(14)2-3-12(13)15/h2-9,17H,1H3. The summed E-state index contributed by atoms with van der Waals surface area (Å²) in [7, 11) is 0. The molecule has 1 unspecified atom stereocenters. The Morgan fingerprint density at radius 3 is 2.53 bits per heavy atom. The zero-order valence-electron chi connectivity index (χ0n) is 9.32. The predicted octanol–water partition coefficient (Wildman–Crippen LogP) is 4.78. The largest absolute Gasteiger partial charge is 0.378 e. The van der Waals surface area contributed by atoms with Crippen molar-refractivity contribution in [2.45, 2.75) is 13.0 Å². The highest BCUT2D eigenvalue weighted by atomic mass is 79.9. The molecule has 0 spiro atoms. The van der Waals surface area contributed by atoms with Gasteiger partial charge in [-0.1, -0.05) is 15.9 Å². The molecule has 0 aliphatic heterocycles. The summed E-state index contributed by atoms with van der Waals surface area (Å²) < 4.78 is 2.12. The zero-order chi connectivity index (χ0) is 12.3. The fraction of sp³-hybridized carbons (Fsp3) is 0.154. The third-order valence-corrected chi connectivity index (χ3v) is 3.69. The van der Waals surface area contributed by atoms with Crippen LogP contribution < -0.4 is 5.32 Å². The molecule has 0 bridgehead atoms. The average molecular weight is 356 g/mol. The van der Waals surface area contributed by atoms with Gasteiger partial charge in [-0.3, -0.25) is 4.98 Å². The van der Waals surface area contributed by atoms with Gasteiger partial charge in [0.1, 0.15) is 0 Å². The van der Waals surface area contributed by atoms with E-state index in [-0.39, 0.29) is 6.04 Å². The SMILES string of the molecule is CC(Nc1cc(Br)ccc1Br)c1ccncc1. The lowest BCUT2D eigenvalue weighted by Gasteiger charge is -2.16. The summed E-state index contributed by atoms with van der Waals surface area (Å²) in [6, 6.07) is 10.4. The van der Waals surface area contributed by atoms with Gasteiger partial charge in [-0.15, -0.1) is 0 Å². The van der Waals surface area contributed by atoms with E-state index in [0.717, 1.165) is 14.6 Å². The second-order valence-corrected chi connectivity index (χ2v) is 5.54. The zero-order valence-corrected chi connectivity index (χ0v) is 12.5. The Hall–Kier alpha value is -0.870. The third-order valence-electron chi connectivity index (χ3n) is 2.51. The lowest BCUT2D eigenvalue weighted by atomic mass is 10.1. The molecule has 1 aromatic heterocycles. The lowest BCUT2D eigenvalue weighted by molar-refractivity contribution is 0.879. The van der Waals surface area contributed by atoms with Crippen LogP contribution in [0, 0.1) is 0 Å². The Morgan fingerprint density at radius 1 is 1.12 bits per heavy atom. The molecule has 1 heterocycles. The molecule has 1 aromatic carbocycles. The van der Waals surface area contributed by atoms with Crippen molar-refractivity contribution in [1.29, 1.82) is 0 Å². The molecule has 0 amide bonds. The van der Waals surface area contributed by atoms with Crippen LogP contribution in [0.15, 0.2) is 51.7 Å². The lowest BCUT2D eigenvalue weighted by Crippen LogP contribution is -2.07. The van der Waals surface area contributed by atoms with Crippen LogP contribution in [0.2, 0.25) is 0 Å². The van der Waals surface area contributed by atoms with Crippen molar-refractivity contribution in [3.05, 3.63) is 57.2 Å². The van der Waals surface area contributed by atoms with Crippen LogP contribution in [0.25, 0.3) is 0 Å². The first-order chi connectivity index (χ1) is 8.16. The van der Waals surface area contributed by atoms with Crippen LogP contribution in [0.1, 0.15) is 18.5 Å². The highest BCUT2D eigenvalue weighted by Crippen LogP contribution is 2.29. The van der Waals surface area contributed by atoms with E-state index < -0.39 is 0 Å². The second kappa shape index (κ2) is 5.65. The number of hydrogen-bond donors (Lipinski definition) is 1. The van der Waals surface area contributed by atoms with E-state index in [1.807, 2.05) is 36.7 Å². The van der Waals surface area contributed by atoms with Gasteiger partial charge in [0.2, 0.25) is 0 Å². The molecule has 17 heavy (non-hydrogen) atoms. The number of nitrogens with zero attached hydrogens (tertiary/aromatic N) is 1. The smallest absolute Gasteiger partial charge is 0.0500 e. The Bertz CT molecular complexity index is 500. The van der Waals surface area contributed by atoms with Gasteiger partial charge >= 0.3 is 0 Å². The van der Waals surface area contributed by atoms with E-state index in [2.05, 4.69) is 55.2 Å². The van der Waals surface area contributed by atoms with Crippen LogP contribution in [0.5, 0.6) is 0 Å². The summed E-state index contributed by atoms with van der Waals surface area (Å²) in [6.07, 6.45) is 3.62. The number of hydrogen-bond acceptors (Lipinski definition) is 2. The van der Waals surface area contributed by atoms with Gasteiger partial charge in [-0.05, 0) is 58.7 Å². The molecule has 4 heteroatoms. The van der Waals surface area contributed by atoms with Crippen LogP contribution in [0.4, 0.5) is 5.69 Å². The maximum absolute atomic E-state index is 4.02. The van der Waals surface area contributed by atoms with Crippen molar-refractivity contribution in [2.75, 3.05) is 5.32 Å². The van der Waals surface area contributed by atoms with Gasteiger partial charge in [-0.2, -0.15) is 0 Å². The first-order valence-corrected chi connectivity index (χ1v) is 6.87. The fourth-order valence-electron chi connectivity index (χ4n) is 1.58. The summed E-state index contributed by atoms with van der Waals surface area (Å²) in [6.45, 7) is 2.13. The Labute approximate surface area is 118 Å². The Morgan fingerprint density at radius 2 is 1.82 bits per heavy atom. The van der Waals surface area contributed by atoms with Gasteiger partial charge in [0.15, 0.2) is 0 Å². The van der Waals surface area contributed by atoms with Crippen molar-refractivity contribution in [1.82, 2.24) is 4.98 Å². The summed E-state index contributed by atoms with van der Waals surface area (Å²) in [5, 5.41) is 3.46. The molecule has 1 atom stereocenters. The minimum atomic E-state index is 0.239. The molecular formula is C13H12Br2N2. The van der Waals surface area contributed by atoms with E-state index in [9.17, 15) is 0 Å².